The summed E-state index contributed by atoms with van der Waals surface area (Å²) in [6.45, 7) is 4.69. The lowest BCUT2D eigenvalue weighted by Gasteiger charge is -2.31. The summed E-state index contributed by atoms with van der Waals surface area (Å²) in [4.78, 5) is 0. The zero-order chi connectivity index (χ0) is 14.7. The molecule has 1 fully saturated rings. The van der Waals surface area contributed by atoms with E-state index in [1.807, 2.05) is 0 Å². The number of halogens is 1. The van der Waals surface area contributed by atoms with Crippen molar-refractivity contribution in [3.05, 3.63) is 29.6 Å². The predicted octanol–water partition coefficient (Wildman–Crippen LogP) is 1.85. The van der Waals surface area contributed by atoms with Crippen molar-refractivity contribution >= 4 is 12.6 Å². The normalized spacial score (nSPS) is 26.6. The summed E-state index contributed by atoms with van der Waals surface area (Å²) >= 11 is 0. The SMILES string of the molecule is CC1CC(C)CC(OCc2ccc(B(O)O)cc2F)C1. The van der Waals surface area contributed by atoms with Gasteiger partial charge in [0.25, 0.3) is 0 Å². The van der Waals surface area contributed by atoms with Crippen LogP contribution in [0.25, 0.3) is 0 Å². The van der Waals surface area contributed by atoms with Crippen LogP contribution in [0.15, 0.2) is 18.2 Å². The van der Waals surface area contributed by atoms with E-state index >= 15 is 0 Å². The van der Waals surface area contributed by atoms with Crippen LogP contribution in [0.5, 0.6) is 0 Å². The van der Waals surface area contributed by atoms with Crippen molar-refractivity contribution in [1.29, 1.82) is 0 Å². The molecule has 0 bridgehead atoms. The third kappa shape index (κ3) is 4.04. The van der Waals surface area contributed by atoms with Gasteiger partial charge in [-0.1, -0.05) is 26.0 Å². The molecule has 3 nitrogen and oxygen atoms in total. The number of rotatable bonds is 4. The molecule has 5 heteroatoms. The summed E-state index contributed by atoms with van der Waals surface area (Å²) in [5.41, 5.74) is 0.617. The molecule has 1 aromatic carbocycles. The summed E-state index contributed by atoms with van der Waals surface area (Å²) in [5, 5.41) is 18.0. The van der Waals surface area contributed by atoms with E-state index in [1.165, 1.54) is 12.5 Å². The highest BCUT2D eigenvalue weighted by atomic mass is 19.1. The molecule has 110 valence electrons. The monoisotopic (exact) mass is 280 g/mol. The van der Waals surface area contributed by atoms with Crippen molar-refractivity contribution in [2.75, 3.05) is 0 Å². The second kappa shape index (κ2) is 6.70. The Labute approximate surface area is 119 Å². The Morgan fingerprint density at radius 2 is 1.85 bits per heavy atom. The number of hydrogen-bond acceptors (Lipinski definition) is 3. The van der Waals surface area contributed by atoms with Gasteiger partial charge in [0.1, 0.15) is 5.82 Å². The number of benzene rings is 1. The summed E-state index contributed by atoms with van der Waals surface area (Å²) in [5.74, 6) is 0.855. The van der Waals surface area contributed by atoms with Crippen molar-refractivity contribution < 1.29 is 19.2 Å². The lowest BCUT2D eigenvalue weighted by Crippen LogP contribution is -2.30. The van der Waals surface area contributed by atoms with Crippen LogP contribution in [-0.4, -0.2) is 23.3 Å². The standard InChI is InChI=1S/C15H22BFO3/c1-10-5-11(2)7-14(6-10)20-9-12-3-4-13(16(18)19)8-15(12)17/h3-4,8,10-11,14,18-19H,5-7,9H2,1-2H3. The highest BCUT2D eigenvalue weighted by Crippen LogP contribution is 2.30. The third-order valence-electron chi connectivity index (χ3n) is 3.99. The zero-order valence-corrected chi connectivity index (χ0v) is 12.1. The quantitative estimate of drug-likeness (QED) is 0.827. The smallest absolute Gasteiger partial charge is 0.423 e. The molecule has 0 radical (unpaired) electrons. The third-order valence-corrected chi connectivity index (χ3v) is 3.99. The fraction of sp³-hybridized carbons (Fsp3) is 0.600. The first-order chi connectivity index (χ1) is 9.45. The van der Waals surface area contributed by atoms with E-state index in [4.69, 9.17) is 14.8 Å². The molecule has 0 amide bonds. The van der Waals surface area contributed by atoms with Crippen LogP contribution in [0.3, 0.4) is 0 Å². The lowest BCUT2D eigenvalue weighted by atomic mass is 9.80. The van der Waals surface area contributed by atoms with Gasteiger partial charge < -0.3 is 14.8 Å². The van der Waals surface area contributed by atoms with Crippen molar-refractivity contribution in [2.24, 2.45) is 11.8 Å². The van der Waals surface area contributed by atoms with Crippen molar-refractivity contribution in [2.45, 2.75) is 45.8 Å². The highest BCUT2D eigenvalue weighted by Gasteiger charge is 2.24. The molecule has 0 aromatic heterocycles. The maximum Gasteiger partial charge on any atom is 0.488 e. The Bertz CT molecular complexity index is 443. The minimum atomic E-state index is -1.64. The topological polar surface area (TPSA) is 49.7 Å². The fourth-order valence-corrected chi connectivity index (χ4v) is 3.06. The molecule has 20 heavy (non-hydrogen) atoms. The molecule has 1 aliphatic carbocycles. The van der Waals surface area contributed by atoms with Gasteiger partial charge in [0, 0.05) is 5.56 Å². The van der Waals surface area contributed by atoms with E-state index in [2.05, 4.69) is 13.8 Å². The molecule has 2 N–H and O–H groups in total. The van der Waals surface area contributed by atoms with Crippen LogP contribution in [0.4, 0.5) is 4.39 Å². The van der Waals surface area contributed by atoms with Gasteiger partial charge in [-0.2, -0.15) is 0 Å². The molecule has 0 aliphatic heterocycles. The average molecular weight is 280 g/mol. The Morgan fingerprint density at radius 1 is 1.20 bits per heavy atom. The molecule has 1 aromatic rings. The van der Waals surface area contributed by atoms with E-state index in [0.717, 1.165) is 18.9 Å². The molecule has 0 saturated heterocycles. The Kier molecular flexibility index (Phi) is 5.19. The number of hydrogen-bond donors (Lipinski definition) is 2. The predicted molar refractivity (Wildman–Crippen MR) is 77.0 cm³/mol. The van der Waals surface area contributed by atoms with E-state index in [0.29, 0.717) is 17.4 Å². The van der Waals surface area contributed by atoms with Crippen LogP contribution in [0.1, 0.15) is 38.7 Å². The first kappa shape index (κ1) is 15.5. The van der Waals surface area contributed by atoms with Gasteiger partial charge in [0.2, 0.25) is 0 Å². The summed E-state index contributed by atoms with van der Waals surface area (Å²) in [6, 6.07) is 4.22. The van der Waals surface area contributed by atoms with Gasteiger partial charge in [0.15, 0.2) is 0 Å². The Balaban J connectivity index is 1.93. The number of ether oxygens (including phenoxy) is 1. The summed E-state index contributed by atoms with van der Waals surface area (Å²) < 4.78 is 19.6. The van der Waals surface area contributed by atoms with Gasteiger partial charge in [-0.3, -0.25) is 0 Å². The zero-order valence-electron chi connectivity index (χ0n) is 12.1. The van der Waals surface area contributed by atoms with Crippen LogP contribution < -0.4 is 5.46 Å². The maximum atomic E-state index is 13.8. The van der Waals surface area contributed by atoms with Gasteiger partial charge >= 0.3 is 7.12 Å². The van der Waals surface area contributed by atoms with E-state index in [9.17, 15) is 4.39 Å². The molecule has 0 spiro atoms. The van der Waals surface area contributed by atoms with Gasteiger partial charge in [0.05, 0.1) is 12.7 Å². The van der Waals surface area contributed by atoms with Crippen molar-refractivity contribution in [3.63, 3.8) is 0 Å². The molecule has 2 unspecified atom stereocenters. The molecule has 0 heterocycles. The first-order valence-corrected chi connectivity index (χ1v) is 7.21. The molecular formula is C15H22BFO3. The average Bonchev–Trinajstić information content (AvgIpc) is 2.36. The van der Waals surface area contributed by atoms with Gasteiger partial charge in [-0.15, -0.1) is 0 Å². The molecule has 2 rings (SSSR count). The van der Waals surface area contributed by atoms with Gasteiger partial charge in [-0.25, -0.2) is 4.39 Å². The van der Waals surface area contributed by atoms with E-state index in [1.54, 1.807) is 6.07 Å². The van der Waals surface area contributed by atoms with Crippen LogP contribution in [0, 0.1) is 17.7 Å². The van der Waals surface area contributed by atoms with E-state index in [-0.39, 0.29) is 18.2 Å². The molecule has 1 saturated carbocycles. The second-order valence-corrected chi connectivity index (χ2v) is 6.07. The van der Waals surface area contributed by atoms with Crippen molar-refractivity contribution in [3.8, 4) is 0 Å². The molecule has 2 atom stereocenters. The van der Waals surface area contributed by atoms with Crippen LogP contribution >= 0.6 is 0 Å². The Hall–Kier alpha value is -0.905. The van der Waals surface area contributed by atoms with Crippen LogP contribution in [0.2, 0.25) is 0 Å². The minimum absolute atomic E-state index is 0.158. The summed E-state index contributed by atoms with van der Waals surface area (Å²) in [7, 11) is -1.64. The largest absolute Gasteiger partial charge is 0.488 e. The minimum Gasteiger partial charge on any atom is -0.423 e. The highest BCUT2D eigenvalue weighted by molar-refractivity contribution is 6.58. The van der Waals surface area contributed by atoms with Gasteiger partial charge in [-0.05, 0) is 42.6 Å². The van der Waals surface area contributed by atoms with Crippen LogP contribution in [-0.2, 0) is 11.3 Å². The van der Waals surface area contributed by atoms with E-state index < -0.39 is 12.9 Å². The molecule has 1 aliphatic rings. The maximum absolute atomic E-state index is 13.8. The Morgan fingerprint density at radius 3 is 2.40 bits per heavy atom. The fourth-order valence-electron chi connectivity index (χ4n) is 3.06. The van der Waals surface area contributed by atoms with Crippen molar-refractivity contribution in [1.82, 2.24) is 0 Å². The summed E-state index contributed by atoms with van der Waals surface area (Å²) in [6.07, 6.45) is 3.48. The molecular weight excluding hydrogens is 258 g/mol. The lowest BCUT2D eigenvalue weighted by molar-refractivity contribution is -0.0101. The first-order valence-electron chi connectivity index (χ1n) is 7.21. The second-order valence-electron chi connectivity index (χ2n) is 6.07.